The van der Waals surface area contributed by atoms with Gasteiger partial charge in [0.1, 0.15) is 0 Å². The summed E-state index contributed by atoms with van der Waals surface area (Å²) in [6.07, 6.45) is 0.447. The molecule has 0 aromatic heterocycles. The molecule has 0 amide bonds. The predicted octanol–water partition coefficient (Wildman–Crippen LogP) is 4.00. The van der Waals surface area contributed by atoms with E-state index < -0.39 is 82.6 Å². The van der Waals surface area contributed by atoms with Crippen LogP contribution in [-0.4, -0.2) is 13.5 Å². The molecule has 0 N–H and O–H groups in total. The quantitative estimate of drug-likeness (QED) is 0.227. The molecule has 0 spiro atoms. The summed E-state index contributed by atoms with van der Waals surface area (Å²) in [5.41, 5.74) is -3.76. The summed E-state index contributed by atoms with van der Waals surface area (Å²) in [7, 11) is 0. The van der Waals surface area contributed by atoms with Crippen molar-refractivity contribution >= 4 is 17.8 Å². The summed E-state index contributed by atoms with van der Waals surface area (Å²) >= 11 is 0. The molecule has 0 fully saturated rings. The van der Waals surface area contributed by atoms with E-state index in [4.69, 9.17) is 4.65 Å². The average molecular weight is 418 g/mol. The smallest absolute Gasteiger partial charge is 0.374 e. The Morgan fingerprint density at radius 3 is 1.11 bits per heavy atom. The Morgan fingerprint density at radius 2 is 0.821 bits per heavy atom. The van der Waals surface area contributed by atoms with E-state index in [0.29, 0.717) is 6.42 Å². The fraction of sp³-hybridized carbons (Fsp3) is 0.250. The molecule has 0 saturated carbocycles. The minimum atomic E-state index is -2.79. The van der Waals surface area contributed by atoms with E-state index in [2.05, 4.69) is 0 Å². The van der Waals surface area contributed by atoms with E-state index in [-0.39, 0.29) is 6.42 Å². The van der Waals surface area contributed by atoms with Crippen LogP contribution in [0, 0.1) is 58.2 Å². The van der Waals surface area contributed by atoms with Crippen LogP contribution in [-0.2, 0) is 4.65 Å². The number of hydrogen-bond acceptors (Lipinski definition) is 1. The molecule has 2 rings (SSSR count). The van der Waals surface area contributed by atoms with E-state index in [9.17, 15) is 43.9 Å². The SMILES string of the molecule is CCCCOB(c1c(F)c(F)c(F)c(F)c1F)c1c(F)c(F)c(F)c(F)c1F. The fourth-order valence-corrected chi connectivity index (χ4v) is 2.36. The first-order valence-electron chi connectivity index (χ1n) is 7.70. The molecule has 0 atom stereocenters. The zero-order chi connectivity index (χ0) is 21.3. The summed E-state index contributed by atoms with van der Waals surface area (Å²) in [4.78, 5) is 0. The van der Waals surface area contributed by atoms with Gasteiger partial charge >= 0.3 is 6.92 Å². The van der Waals surface area contributed by atoms with E-state index in [1.54, 1.807) is 6.92 Å². The van der Waals surface area contributed by atoms with Crippen molar-refractivity contribution in [3.05, 3.63) is 58.2 Å². The lowest BCUT2D eigenvalue weighted by Gasteiger charge is -2.19. The van der Waals surface area contributed by atoms with Gasteiger partial charge in [0.05, 0.1) is 0 Å². The normalized spacial score (nSPS) is 11.2. The van der Waals surface area contributed by atoms with Crippen molar-refractivity contribution in [3.63, 3.8) is 0 Å². The van der Waals surface area contributed by atoms with Crippen LogP contribution in [0.4, 0.5) is 43.9 Å². The van der Waals surface area contributed by atoms with Gasteiger partial charge in [-0.1, -0.05) is 13.3 Å². The second-order valence-corrected chi connectivity index (χ2v) is 5.57. The van der Waals surface area contributed by atoms with Crippen LogP contribution in [0.25, 0.3) is 0 Å². The Bertz CT molecular complexity index is 790. The van der Waals surface area contributed by atoms with Crippen molar-refractivity contribution in [2.45, 2.75) is 19.8 Å². The number of unbranched alkanes of at least 4 members (excludes halogenated alkanes) is 1. The largest absolute Gasteiger partial charge is 0.427 e. The molecule has 0 heterocycles. The van der Waals surface area contributed by atoms with Crippen molar-refractivity contribution in [1.82, 2.24) is 0 Å². The van der Waals surface area contributed by atoms with Crippen molar-refractivity contribution in [3.8, 4) is 0 Å². The number of rotatable bonds is 6. The van der Waals surface area contributed by atoms with Crippen LogP contribution in [0.5, 0.6) is 0 Å². The molecule has 2 aromatic rings. The first-order valence-corrected chi connectivity index (χ1v) is 7.70. The van der Waals surface area contributed by atoms with Gasteiger partial charge in [0.25, 0.3) is 0 Å². The first kappa shape index (κ1) is 22.1. The molecule has 2 aromatic carbocycles. The maximum Gasteiger partial charge on any atom is 0.374 e. The van der Waals surface area contributed by atoms with Crippen LogP contribution >= 0.6 is 0 Å². The molecule has 12 heteroatoms. The third-order valence-corrected chi connectivity index (χ3v) is 3.79. The van der Waals surface area contributed by atoms with Gasteiger partial charge in [0.15, 0.2) is 58.2 Å². The van der Waals surface area contributed by atoms with Crippen molar-refractivity contribution in [1.29, 1.82) is 0 Å². The Hall–Kier alpha value is -2.24. The van der Waals surface area contributed by atoms with Gasteiger partial charge in [0.2, 0.25) is 0 Å². The number of benzene rings is 2. The maximum absolute atomic E-state index is 14.1. The fourth-order valence-electron chi connectivity index (χ4n) is 2.36. The molecule has 152 valence electrons. The van der Waals surface area contributed by atoms with Crippen LogP contribution in [0.1, 0.15) is 19.8 Å². The second kappa shape index (κ2) is 8.42. The molecule has 0 aliphatic carbocycles. The molecular formula is C16H9BF10O. The van der Waals surface area contributed by atoms with E-state index in [1.807, 2.05) is 0 Å². The zero-order valence-corrected chi connectivity index (χ0v) is 13.9. The zero-order valence-electron chi connectivity index (χ0n) is 13.9. The molecule has 28 heavy (non-hydrogen) atoms. The van der Waals surface area contributed by atoms with Gasteiger partial charge < -0.3 is 4.65 Å². The van der Waals surface area contributed by atoms with E-state index >= 15 is 0 Å². The topological polar surface area (TPSA) is 9.23 Å². The van der Waals surface area contributed by atoms with Gasteiger partial charge in [0, 0.05) is 17.5 Å². The highest BCUT2D eigenvalue weighted by molar-refractivity contribution is 6.80. The summed E-state index contributed by atoms with van der Waals surface area (Å²) in [5, 5.41) is 0. The molecule has 0 radical (unpaired) electrons. The molecule has 0 aliphatic heterocycles. The molecule has 0 aliphatic rings. The van der Waals surface area contributed by atoms with Crippen molar-refractivity contribution < 1.29 is 48.6 Å². The Labute approximate surface area is 152 Å². The van der Waals surface area contributed by atoms with E-state index in [1.165, 1.54) is 0 Å². The summed E-state index contributed by atoms with van der Waals surface area (Å²) in [5.74, 6) is -25.1. The number of halogens is 10. The average Bonchev–Trinajstić information content (AvgIpc) is 2.67. The Kier molecular flexibility index (Phi) is 6.63. The van der Waals surface area contributed by atoms with Crippen molar-refractivity contribution in [2.75, 3.05) is 6.61 Å². The lowest BCUT2D eigenvalue weighted by Crippen LogP contribution is -2.53. The second-order valence-electron chi connectivity index (χ2n) is 5.57. The van der Waals surface area contributed by atoms with Gasteiger partial charge in [-0.05, 0) is 6.42 Å². The third-order valence-electron chi connectivity index (χ3n) is 3.79. The monoisotopic (exact) mass is 418 g/mol. The van der Waals surface area contributed by atoms with Crippen LogP contribution in [0.15, 0.2) is 0 Å². The lowest BCUT2D eigenvalue weighted by atomic mass is 9.54. The van der Waals surface area contributed by atoms with Crippen LogP contribution in [0.3, 0.4) is 0 Å². The Balaban J connectivity index is 2.84. The molecule has 1 nitrogen and oxygen atoms in total. The maximum atomic E-state index is 14.1. The lowest BCUT2D eigenvalue weighted by molar-refractivity contribution is 0.316. The summed E-state index contributed by atoms with van der Waals surface area (Å²) < 4.78 is 142. The molecular weight excluding hydrogens is 409 g/mol. The number of hydrogen-bond donors (Lipinski definition) is 0. The standard InChI is InChI=1S/C16H9BF10O/c1-2-3-4-28-17(5-7(18)11(22)15(26)12(23)8(5)19)6-9(20)13(24)16(27)14(25)10(6)21/h2-4H2,1H3. The van der Waals surface area contributed by atoms with Gasteiger partial charge in [-0.3, -0.25) is 0 Å². The minimum absolute atomic E-state index is 0.0846. The minimum Gasteiger partial charge on any atom is -0.427 e. The van der Waals surface area contributed by atoms with Gasteiger partial charge in [-0.2, -0.15) is 0 Å². The van der Waals surface area contributed by atoms with Crippen molar-refractivity contribution in [2.24, 2.45) is 0 Å². The highest BCUT2D eigenvalue weighted by atomic mass is 19.2. The van der Waals surface area contributed by atoms with Crippen LogP contribution < -0.4 is 10.9 Å². The van der Waals surface area contributed by atoms with Gasteiger partial charge in [-0.15, -0.1) is 0 Å². The summed E-state index contributed by atoms with van der Waals surface area (Å²) in [6, 6.07) is 0. The highest BCUT2D eigenvalue weighted by Crippen LogP contribution is 2.21. The third kappa shape index (κ3) is 3.57. The highest BCUT2D eigenvalue weighted by Gasteiger charge is 2.41. The Morgan fingerprint density at radius 1 is 0.536 bits per heavy atom. The molecule has 0 unspecified atom stereocenters. The summed E-state index contributed by atoms with van der Waals surface area (Å²) in [6.45, 7) is -1.74. The molecule has 0 bridgehead atoms. The van der Waals surface area contributed by atoms with E-state index in [0.717, 1.165) is 0 Å². The first-order chi connectivity index (χ1) is 13.1. The molecule has 0 saturated heterocycles. The van der Waals surface area contributed by atoms with Crippen LogP contribution in [0.2, 0.25) is 0 Å². The predicted molar refractivity (Wildman–Crippen MR) is 78.3 cm³/mol. The van der Waals surface area contributed by atoms with Gasteiger partial charge in [-0.25, -0.2) is 43.9 Å².